The Bertz CT molecular complexity index is 1230. The van der Waals surface area contributed by atoms with Crippen LogP contribution in [0.2, 0.25) is 0 Å². The van der Waals surface area contributed by atoms with Crippen LogP contribution in [0.3, 0.4) is 0 Å². The van der Waals surface area contributed by atoms with Crippen LogP contribution in [0.15, 0.2) is 66.7 Å². The zero-order valence-electron chi connectivity index (χ0n) is 18.4. The molecule has 0 saturated heterocycles. The quantitative estimate of drug-likeness (QED) is 0.243. The number of fused-ring (bicyclic) bond motifs is 1. The zero-order chi connectivity index (χ0) is 22.5. The fraction of sp³-hybridized carbons (Fsp3) is 0.222. The Morgan fingerprint density at radius 1 is 1.03 bits per heavy atom. The largest absolute Gasteiger partial charge is 0.508 e. The third-order valence-electron chi connectivity index (χ3n) is 5.46. The molecule has 0 aliphatic rings. The van der Waals surface area contributed by atoms with E-state index in [1.54, 1.807) is 12.1 Å². The molecule has 0 fully saturated rings. The Kier molecular flexibility index (Phi) is 6.88. The van der Waals surface area contributed by atoms with E-state index in [1.807, 2.05) is 54.6 Å². The van der Waals surface area contributed by atoms with Gasteiger partial charge in [-0.3, -0.25) is 4.79 Å². The van der Waals surface area contributed by atoms with E-state index in [9.17, 15) is 9.90 Å². The van der Waals surface area contributed by atoms with Gasteiger partial charge >= 0.3 is 0 Å². The number of rotatable bonds is 9. The zero-order valence-corrected chi connectivity index (χ0v) is 19.2. The van der Waals surface area contributed by atoms with Gasteiger partial charge in [-0.2, -0.15) is 0 Å². The van der Waals surface area contributed by atoms with Gasteiger partial charge in [0.25, 0.3) is 0 Å². The van der Waals surface area contributed by atoms with Crippen molar-refractivity contribution < 1.29 is 14.6 Å². The molecule has 0 bridgehead atoms. The van der Waals surface area contributed by atoms with E-state index in [0.717, 1.165) is 57.6 Å². The van der Waals surface area contributed by atoms with Gasteiger partial charge in [-0.25, -0.2) is 0 Å². The standard InChI is InChI=1S/C27H27NO3S/c1-3-18-7-5-6-8-22(18)26(30)27-25(23-14-11-20(29)17-24(23)32-27)19-9-12-21(13-10-19)31-16-15-28-4-2/h5-14,17,28-29H,3-4,15-16H2,1-2H3. The van der Waals surface area contributed by atoms with Gasteiger partial charge in [-0.05, 0) is 54.4 Å². The van der Waals surface area contributed by atoms with Crippen LogP contribution in [0.1, 0.15) is 34.6 Å². The summed E-state index contributed by atoms with van der Waals surface area (Å²) in [6.07, 6.45) is 0.794. The second-order valence-corrected chi connectivity index (χ2v) is 8.61. The van der Waals surface area contributed by atoms with Crippen LogP contribution in [-0.2, 0) is 6.42 Å². The minimum Gasteiger partial charge on any atom is -0.508 e. The molecule has 3 aromatic carbocycles. The summed E-state index contributed by atoms with van der Waals surface area (Å²) in [6.45, 7) is 6.45. The van der Waals surface area contributed by atoms with Crippen molar-refractivity contribution in [3.05, 3.63) is 82.7 Å². The fourth-order valence-electron chi connectivity index (χ4n) is 3.84. The number of phenolic OH excluding ortho intramolecular Hbond substituents is 1. The molecule has 1 heterocycles. The number of aryl methyl sites for hydroxylation is 1. The SMILES string of the molecule is CCNCCOc1ccc(-c2c(C(=O)c3ccccc3CC)sc3cc(O)ccc23)cc1. The van der Waals surface area contributed by atoms with Crippen LogP contribution in [-0.4, -0.2) is 30.6 Å². The number of aromatic hydroxyl groups is 1. The Morgan fingerprint density at radius 3 is 2.56 bits per heavy atom. The molecule has 0 spiro atoms. The lowest BCUT2D eigenvalue weighted by atomic mass is 9.95. The van der Waals surface area contributed by atoms with E-state index in [2.05, 4.69) is 19.2 Å². The maximum absolute atomic E-state index is 13.7. The van der Waals surface area contributed by atoms with Crippen molar-refractivity contribution in [1.82, 2.24) is 5.32 Å². The van der Waals surface area contributed by atoms with Crippen molar-refractivity contribution in [2.24, 2.45) is 0 Å². The normalized spacial score (nSPS) is 11.1. The molecule has 0 amide bonds. The first-order valence-electron chi connectivity index (χ1n) is 10.9. The number of ether oxygens (including phenoxy) is 1. The summed E-state index contributed by atoms with van der Waals surface area (Å²) in [7, 11) is 0. The van der Waals surface area contributed by atoms with Gasteiger partial charge < -0.3 is 15.2 Å². The number of carbonyl (C=O) groups is 1. The molecule has 0 atom stereocenters. The highest BCUT2D eigenvalue weighted by Gasteiger charge is 2.22. The molecule has 164 valence electrons. The number of thiophene rings is 1. The maximum atomic E-state index is 13.7. The molecule has 2 N–H and O–H groups in total. The third-order valence-corrected chi connectivity index (χ3v) is 6.61. The Morgan fingerprint density at radius 2 is 1.81 bits per heavy atom. The summed E-state index contributed by atoms with van der Waals surface area (Å²) in [4.78, 5) is 14.3. The second-order valence-electron chi connectivity index (χ2n) is 7.55. The minimum atomic E-state index is 0.0177. The minimum absolute atomic E-state index is 0.0177. The number of likely N-dealkylation sites (N-methyl/N-ethyl adjacent to an activating group) is 1. The number of carbonyl (C=O) groups excluding carboxylic acids is 1. The summed E-state index contributed by atoms with van der Waals surface area (Å²) in [5.41, 5.74) is 3.63. The highest BCUT2D eigenvalue weighted by Crippen LogP contribution is 2.41. The molecule has 0 saturated carbocycles. The molecule has 4 rings (SSSR count). The maximum Gasteiger partial charge on any atom is 0.203 e. The fourth-order valence-corrected chi connectivity index (χ4v) is 5.05. The monoisotopic (exact) mass is 445 g/mol. The summed E-state index contributed by atoms with van der Waals surface area (Å²) in [5, 5.41) is 14.2. The van der Waals surface area contributed by atoms with Crippen LogP contribution in [0.4, 0.5) is 0 Å². The highest BCUT2D eigenvalue weighted by atomic mass is 32.1. The molecule has 5 heteroatoms. The summed E-state index contributed by atoms with van der Waals surface area (Å²) in [6, 6.07) is 20.9. The summed E-state index contributed by atoms with van der Waals surface area (Å²) in [5.74, 6) is 1.01. The molecule has 0 aliphatic heterocycles. The first-order chi connectivity index (χ1) is 15.6. The first kappa shape index (κ1) is 22.1. The average Bonchev–Trinajstić information content (AvgIpc) is 3.20. The van der Waals surface area contributed by atoms with Gasteiger partial charge in [0.15, 0.2) is 0 Å². The number of hydrogen-bond acceptors (Lipinski definition) is 5. The molecule has 0 radical (unpaired) electrons. The molecule has 4 nitrogen and oxygen atoms in total. The van der Waals surface area contributed by atoms with Crippen molar-refractivity contribution >= 4 is 27.2 Å². The Hall–Kier alpha value is -3.15. The van der Waals surface area contributed by atoms with E-state index in [-0.39, 0.29) is 11.5 Å². The van der Waals surface area contributed by atoms with E-state index in [1.165, 1.54) is 11.3 Å². The predicted octanol–water partition coefficient (Wildman–Crippen LogP) is 6.06. The van der Waals surface area contributed by atoms with Gasteiger partial charge in [0.1, 0.15) is 18.1 Å². The van der Waals surface area contributed by atoms with Crippen LogP contribution >= 0.6 is 11.3 Å². The van der Waals surface area contributed by atoms with E-state index >= 15 is 0 Å². The summed E-state index contributed by atoms with van der Waals surface area (Å²) < 4.78 is 6.69. The molecule has 32 heavy (non-hydrogen) atoms. The van der Waals surface area contributed by atoms with E-state index < -0.39 is 0 Å². The predicted molar refractivity (Wildman–Crippen MR) is 132 cm³/mol. The molecule has 1 aromatic heterocycles. The van der Waals surface area contributed by atoms with Crippen molar-refractivity contribution in [3.63, 3.8) is 0 Å². The Balaban J connectivity index is 1.76. The lowest BCUT2D eigenvalue weighted by Crippen LogP contribution is -2.20. The molecule has 0 unspecified atom stereocenters. The van der Waals surface area contributed by atoms with Crippen molar-refractivity contribution in [2.45, 2.75) is 20.3 Å². The number of hydrogen-bond donors (Lipinski definition) is 2. The van der Waals surface area contributed by atoms with Crippen molar-refractivity contribution in [3.8, 4) is 22.6 Å². The summed E-state index contributed by atoms with van der Waals surface area (Å²) >= 11 is 1.43. The lowest BCUT2D eigenvalue weighted by molar-refractivity contribution is 0.104. The highest BCUT2D eigenvalue weighted by molar-refractivity contribution is 7.21. The average molecular weight is 446 g/mol. The number of phenols is 1. The van der Waals surface area contributed by atoms with Gasteiger partial charge in [-0.1, -0.05) is 50.2 Å². The molecular formula is C27H27NO3S. The van der Waals surface area contributed by atoms with Crippen molar-refractivity contribution in [1.29, 1.82) is 0 Å². The third kappa shape index (κ3) is 4.54. The first-order valence-corrected chi connectivity index (χ1v) is 11.8. The smallest absolute Gasteiger partial charge is 0.203 e. The molecular weight excluding hydrogens is 418 g/mol. The van der Waals surface area contributed by atoms with Crippen LogP contribution in [0.25, 0.3) is 21.2 Å². The van der Waals surface area contributed by atoms with Crippen LogP contribution in [0, 0.1) is 0 Å². The van der Waals surface area contributed by atoms with E-state index in [4.69, 9.17) is 4.74 Å². The topological polar surface area (TPSA) is 58.6 Å². The van der Waals surface area contributed by atoms with Gasteiger partial charge in [0, 0.05) is 27.8 Å². The molecule has 4 aromatic rings. The Labute approximate surface area is 192 Å². The van der Waals surface area contributed by atoms with Crippen molar-refractivity contribution in [2.75, 3.05) is 19.7 Å². The lowest BCUT2D eigenvalue weighted by Gasteiger charge is -2.10. The number of ketones is 1. The number of benzene rings is 3. The second kappa shape index (κ2) is 9.98. The van der Waals surface area contributed by atoms with Gasteiger partial charge in [-0.15, -0.1) is 11.3 Å². The van der Waals surface area contributed by atoms with E-state index in [0.29, 0.717) is 11.5 Å². The van der Waals surface area contributed by atoms with Crippen LogP contribution < -0.4 is 10.1 Å². The van der Waals surface area contributed by atoms with Crippen LogP contribution in [0.5, 0.6) is 11.5 Å². The van der Waals surface area contributed by atoms with Gasteiger partial charge in [0.2, 0.25) is 5.78 Å². The number of nitrogens with one attached hydrogen (secondary N) is 1. The molecule has 0 aliphatic carbocycles. The van der Waals surface area contributed by atoms with Gasteiger partial charge in [0.05, 0.1) is 4.88 Å².